The summed E-state index contributed by atoms with van der Waals surface area (Å²) in [4.78, 5) is 0. The first-order valence-electron chi connectivity index (χ1n) is 5.79. The predicted molar refractivity (Wildman–Crippen MR) is 76.2 cm³/mol. The van der Waals surface area contributed by atoms with E-state index in [0.717, 1.165) is 0 Å². The van der Waals surface area contributed by atoms with Crippen molar-refractivity contribution in [3.05, 3.63) is 76.2 Å². The fourth-order valence-electron chi connectivity index (χ4n) is 0.968. The molecule has 0 aliphatic rings. The van der Waals surface area contributed by atoms with Gasteiger partial charge < -0.3 is 19.0 Å². The maximum atomic E-state index is 9.03. The quantitative estimate of drug-likeness (QED) is 0.355. The predicted octanol–water partition coefficient (Wildman–Crippen LogP) is 1.25. The van der Waals surface area contributed by atoms with Crippen LogP contribution < -0.4 is 0 Å². The fraction of sp³-hybridized carbons (Fsp3) is 0.294. The first-order valence-corrected chi connectivity index (χ1v) is 5.79. The molecule has 1 rings (SSSR count). The van der Waals surface area contributed by atoms with Gasteiger partial charge in [-0.05, 0) is 25.1 Å². The summed E-state index contributed by atoms with van der Waals surface area (Å²) in [6, 6.07) is 3.51. The van der Waals surface area contributed by atoms with E-state index in [2.05, 4.69) is 52.1 Å². The van der Waals surface area contributed by atoms with Gasteiger partial charge in [-0.25, -0.2) is 0 Å². The van der Waals surface area contributed by atoms with Gasteiger partial charge in [0.2, 0.25) is 0 Å². The Bertz CT molecular complexity index is 467. The number of ether oxygens (including phenoxy) is 2. The molecule has 1 aromatic rings. The van der Waals surface area contributed by atoms with E-state index in [9.17, 15) is 0 Å². The second kappa shape index (κ2) is 63.3. The molecule has 2 atom stereocenters. The Balaban J connectivity index is -0.0000000453. The third kappa shape index (κ3) is 46.4. The van der Waals surface area contributed by atoms with Crippen LogP contribution in [0, 0.1) is 52.1 Å². The van der Waals surface area contributed by atoms with Crippen molar-refractivity contribution in [3.63, 3.8) is 0 Å². The molecule has 0 aliphatic carbocycles. The zero-order chi connectivity index (χ0) is 23.1. The largest absolute Gasteiger partial charge is 0 e. The van der Waals surface area contributed by atoms with Crippen LogP contribution in [0.5, 0.6) is 0 Å². The van der Waals surface area contributed by atoms with Gasteiger partial charge in [-0.2, -0.15) is 0 Å². The average molecular weight is 496 g/mol. The van der Waals surface area contributed by atoms with E-state index >= 15 is 0 Å². The molecular weight excluding hydrogens is 482 g/mol. The van der Waals surface area contributed by atoms with Gasteiger partial charge in [0.15, 0.2) is 0 Å². The van der Waals surface area contributed by atoms with Crippen molar-refractivity contribution in [1.82, 2.24) is 0 Å². The van der Waals surface area contributed by atoms with E-state index in [-0.39, 0.29) is 40.4 Å². The molecule has 12 heteroatoms. The second-order valence-corrected chi connectivity index (χ2v) is 2.93. The van der Waals surface area contributed by atoms with Crippen LogP contribution in [0.2, 0.25) is 0 Å². The van der Waals surface area contributed by atoms with Crippen molar-refractivity contribution < 1.29 is 80.5 Å². The number of rotatable bonds is 6. The van der Waals surface area contributed by atoms with Gasteiger partial charge in [0, 0.05) is 46.7 Å². The Morgan fingerprint density at radius 1 is 0.931 bits per heavy atom. The molecule has 10 nitrogen and oxygen atoms in total. The molecule has 1 N–H and O–H groups in total. The molecule has 0 bridgehead atoms. The van der Waals surface area contributed by atoms with Crippen LogP contribution in [0.3, 0.4) is 0 Å². The number of hydrogen-bond acceptors (Lipinski definition) is 4. The maximum absolute atomic E-state index is 9.03. The zero-order valence-electron chi connectivity index (χ0n) is 14.9. The van der Waals surface area contributed by atoms with Crippen molar-refractivity contribution >= 4 is 0 Å². The van der Waals surface area contributed by atoms with E-state index in [1.165, 1.54) is 7.11 Å². The maximum Gasteiger partial charge on any atom is 0 e. The minimum Gasteiger partial charge on any atom is 0 e. The molecule has 0 saturated heterocycles. The summed E-state index contributed by atoms with van der Waals surface area (Å²) in [7, 11) is 1.53. The Labute approximate surface area is 189 Å². The van der Waals surface area contributed by atoms with Crippen LogP contribution in [0.4, 0.5) is 0 Å². The van der Waals surface area contributed by atoms with Crippen LogP contribution in [-0.4, -0.2) is 25.1 Å². The Morgan fingerprint density at radius 3 is 1.62 bits per heavy atom. The van der Waals surface area contributed by atoms with Crippen LogP contribution in [0.1, 0.15) is 18.8 Å². The molecule has 0 fully saturated rings. The second-order valence-electron chi connectivity index (χ2n) is 2.93. The monoisotopic (exact) mass is 496 g/mol. The normalized spacial score (nSPS) is 8.52. The molecule has 0 spiro atoms. The van der Waals surface area contributed by atoms with Gasteiger partial charge in [0.25, 0.3) is 0 Å². The van der Waals surface area contributed by atoms with E-state index in [4.69, 9.17) is 46.9 Å². The molecular formula is C17H14Co2O10. The summed E-state index contributed by atoms with van der Waals surface area (Å²) in [5, 5.41) is 9.03. The SMILES string of the molecule is COCO[C@H]([C]=[C][C@H](C)O)c1ccco1.[C-]#[O+].[C-]#[O+].[C-]#[O+].[C-]#[O+].[C-]#[O+].[C-]#[O+].[Co].[Co]. The summed E-state index contributed by atoms with van der Waals surface area (Å²) in [5.41, 5.74) is 0. The molecule has 0 unspecified atom stereocenters. The topological polar surface area (TPSA) is 171 Å². The summed E-state index contributed by atoms with van der Waals surface area (Å²) < 4.78 is 60.2. The molecule has 29 heavy (non-hydrogen) atoms. The number of furan rings is 1. The van der Waals surface area contributed by atoms with Crippen molar-refractivity contribution in [2.24, 2.45) is 0 Å². The van der Waals surface area contributed by atoms with E-state index < -0.39 is 12.2 Å². The molecule has 0 aromatic carbocycles. The third-order valence-electron chi connectivity index (χ3n) is 1.58. The first-order chi connectivity index (χ1) is 13.2. The molecule has 0 amide bonds. The van der Waals surface area contributed by atoms with Crippen molar-refractivity contribution in [3.8, 4) is 0 Å². The van der Waals surface area contributed by atoms with Gasteiger partial charge >= 0.3 is 67.8 Å². The third-order valence-corrected chi connectivity index (χ3v) is 1.58. The number of aliphatic hydroxyl groups excluding tert-OH is 1. The number of methoxy groups -OCH3 is 1. The Hall–Kier alpha value is -1.65. The van der Waals surface area contributed by atoms with Gasteiger partial charge in [0.05, 0.1) is 12.4 Å². The summed E-state index contributed by atoms with van der Waals surface area (Å²) in [5.74, 6) is 0.597. The van der Waals surface area contributed by atoms with Crippen LogP contribution in [0.15, 0.2) is 22.8 Å². The van der Waals surface area contributed by atoms with Crippen molar-refractivity contribution in [2.45, 2.75) is 19.1 Å². The number of aliphatic hydroxyl groups is 1. The molecule has 160 valence electrons. The van der Waals surface area contributed by atoms with Crippen molar-refractivity contribution in [2.75, 3.05) is 13.9 Å². The molecule has 1 heterocycles. The zero-order valence-corrected chi connectivity index (χ0v) is 17.0. The van der Waals surface area contributed by atoms with Gasteiger partial charge in [-0.15, -0.1) is 0 Å². The van der Waals surface area contributed by atoms with E-state index in [1.54, 1.807) is 25.3 Å². The van der Waals surface area contributed by atoms with Crippen molar-refractivity contribution in [1.29, 1.82) is 0 Å². The Kier molecular flexibility index (Phi) is 111. The minimum absolute atomic E-state index is 0. The van der Waals surface area contributed by atoms with Gasteiger partial charge in [-0.3, -0.25) is 0 Å². The van der Waals surface area contributed by atoms with Gasteiger partial charge in [0.1, 0.15) is 18.7 Å². The first kappa shape index (κ1) is 50.7. The smallest absolute Gasteiger partial charge is 0 e. The number of hydrogen-bond donors (Lipinski definition) is 1. The Morgan fingerprint density at radius 2 is 1.34 bits per heavy atom. The summed E-state index contributed by atoms with van der Waals surface area (Å²) in [6.45, 7) is 28.7. The molecule has 1 aromatic heterocycles. The standard InChI is InChI=1S/C11H14O4.6CO.2Co/c1-9(12)5-6-11(15-8-13-2)10-4-3-7-14-10;6*1-2;;/h3-4,7,9,11-12H,8H2,1-2H3;;;;;;;;/t9-,11+;;;;;;;;/m0......../s1. The van der Waals surface area contributed by atoms with Crippen LogP contribution in [0.25, 0.3) is 0 Å². The average Bonchev–Trinajstić information content (AvgIpc) is 3.31. The van der Waals surface area contributed by atoms with E-state index in [1.807, 2.05) is 0 Å². The fourth-order valence-corrected chi connectivity index (χ4v) is 0.968. The molecule has 0 aliphatic heterocycles. The summed E-state index contributed by atoms with van der Waals surface area (Å²) in [6.07, 6.45) is 5.72. The molecule has 4 radical (unpaired) electrons. The van der Waals surface area contributed by atoms with Crippen LogP contribution >= 0.6 is 0 Å². The van der Waals surface area contributed by atoms with Gasteiger partial charge in [-0.1, -0.05) is 0 Å². The summed E-state index contributed by atoms with van der Waals surface area (Å²) >= 11 is 0. The molecule has 0 saturated carbocycles. The minimum atomic E-state index is -0.686. The van der Waals surface area contributed by atoms with Crippen LogP contribution in [-0.2, 0) is 70.9 Å². The van der Waals surface area contributed by atoms with E-state index in [0.29, 0.717) is 5.76 Å².